The van der Waals surface area contributed by atoms with Crippen LogP contribution in [0, 0.1) is 0 Å². The van der Waals surface area contributed by atoms with Crippen molar-refractivity contribution in [2.45, 2.75) is 33.0 Å². The molecule has 2 N–H and O–H groups in total. The van der Waals surface area contributed by atoms with Gasteiger partial charge in [0.2, 0.25) is 0 Å². The van der Waals surface area contributed by atoms with Gasteiger partial charge in [-0.25, -0.2) is 0 Å². The van der Waals surface area contributed by atoms with Crippen molar-refractivity contribution in [1.29, 1.82) is 0 Å². The fourth-order valence-corrected chi connectivity index (χ4v) is 2.97. The molecule has 0 saturated heterocycles. The lowest BCUT2D eigenvalue weighted by atomic mass is 9.77. The fraction of sp³-hybridized carbons (Fsp3) is 0.217. The van der Waals surface area contributed by atoms with Gasteiger partial charge in [-0.1, -0.05) is 80.6 Å². The van der Waals surface area contributed by atoms with Crippen LogP contribution < -0.4 is 14.9 Å². The average Bonchev–Trinajstić information content (AvgIpc) is 2.71. The van der Waals surface area contributed by atoms with Crippen molar-refractivity contribution in [2.24, 2.45) is 0 Å². The predicted octanol–water partition coefficient (Wildman–Crippen LogP) is 3.65. The summed E-state index contributed by atoms with van der Waals surface area (Å²) in [5, 5.41) is 19.7. The van der Waals surface area contributed by atoms with E-state index in [1.807, 2.05) is 74.5 Å². The zero-order chi connectivity index (χ0) is 19.9. The normalized spacial score (nSPS) is 10.8. The lowest BCUT2D eigenvalue weighted by Crippen LogP contribution is -2.32. The van der Waals surface area contributed by atoms with Crippen molar-refractivity contribution in [3.8, 4) is 11.5 Å². The molecular weight excluding hydrogens is 351 g/mol. The van der Waals surface area contributed by atoms with E-state index in [1.165, 1.54) is 0 Å². The van der Waals surface area contributed by atoms with E-state index in [0.717, 1.165) is 16.7 Å². The van der Waals surface area contributed by atoms with Gasteiger partial charge >= 0.3 is 7.12 Å². The second kappa shape index (κ2) is 9.44. The smallest absolute Gasteiger partial charge is 0.489 e. The maximum absolute atomic E-state index is 9.84. The van der Waals surface area contributed by atoms with Crippen molar-refractivity contribution in [1.82, 2.24) is 0 Å². The second-order valence-corrected chi connectivity index (χ2v) is 7.00. The molecule has 3 rings (SSSR count). The first-order valence-electron chi connectivity index (χ1n) is 9.42. The Morgan fingerprint density at radius 1 is 0.750 bits per heavy atom. The van der Waals surface area contributed by atoms with E-state index >= 15 is 0 Å². The molecule has 0 spiro atoms. The highest BCUT2D eigenvalue weighted by Crippen LogP contribution is 2.30. The lowest BCUT2D eigenvalue weighted by molar-refractivity contribution is 0.287. The third kappa shape index (κ3) is 5.15. The Hall–Kier alpha value is -2.76. The zero-order valence-electron chi connectivity index (χ0n) is 16.2. The molecule has 0 atom stereocenters. The van der Waals surface area contributed by atoms with Crippen molar-refractivity contribution < 1.29 is 19.5 Å². The average molecular weight is 376 g/mol. The summed E-state index contributed by atoms with van der Waals surface area (Å²) in [5.41, 5.74) is 3.31. The largest absolute Gasteiger partial charge is 0.492 e. The van der Waals surface area contributed by atoms with Gasteiger partial charge in [0.1, 0.15) is 24.7 Å². The summed E-state index contributed by atoms with van der Waals surface area (Å²) < 4.78 is 12.0. The van der Waals surface area contributed by atoms with Gasteiger partial charge < -0.3 is 19.5 Å². The summed E-state index contributed by atoms with van der Waals surface area (Å²) in [6.07, 6.45) is 0. The zero-order valence-corrected chi connectivity index (χ0v) is 16.2. The summed E-state index contributed by atoms with van der Waals surface area (Å²) in [5.74, 6) is 1.25. The molecule has 0 radical (unpaired) electrons. The van der Waals surface area contributed by atoms with E-state index in [4.69, 9.17) is 9.47 Å². The third-order valence-electron chi connectivity index (χ3n) is 4.52. The molecule has 0 fully saturated rings. The van der Waals surface area contributed by atoms with Crippen LogP contribution in [0.25, 0.3) is 0 Å². The molecule has 0 aliphatic heterocycles. The minimum absolute atomic E-state index is 0.159. The van der Waals surface area contributed by atoms with Gasteiger partial charge in [0, 0.05) is 11.5 Å². The van der Waals surface area contributed by atoms with Crippen LogP contribution >= 0.6 is 0 Å². The highest BCUT2D eigenvalue weighted by molar-refractivity contribution is 6.59. The van der Waals surface area contributed by atoms with Crippen LogP contribution in [0.3, 0.4) is 0 Å². The van der Waals surface area contributed by atoms with Gasteiger partial charge in [-0.2, -0.15) is 0 Å². The Balaban J connectivity index is 1.88. The van der Waals surface area contributed by atoms with E-state index in [0.29, 0.717) is 30.2 Å². The van der Waals surface area contributed by atoms with Crippen LogP contribution in [0.5, 0.6) is 11.5 Å². The van der Waals surface area contributed by atoms with E-state index < -0.39 is 7.12 Å². The molecule has 0 aliphatic carbocycles. The number of hydrogen-bond acceptors (Lipinski definition) is 4. The van der Waals surface area contributed by atoms with E-state index in [9.17, 15) is 10.0 Å². The summed E-state index contributed by atoms with van der Waals surface area (Å²) in [6, 6.07) is 23.2. The molecule has 0 amide bonds. The molecule has 0 unspecified atom stereocenters. The third-order valence-corrected chi connectivity index (χ3v) is 4.52. The molecule has 5 heteroatoms. The SMILES string of the molecule is CC(C)c1cc(B(O)O)c(OCc2ccccc2)cc1OCc1ccccc1. The topological polar surface area (TPSA) is 58.9 Å². The summed E-state index contributed by atoms with van der Waals surface area (Å²) >= 11 is 0. The summed E-state index contributed by atoms with van der Waals surface area (Å²) in [6.45, 7) is 4.85. The Labute approximate surface area is 166 Å². The molecule has 0 heterocycles. The van der Waals surface area contributed by atoms with Crippen molar-refractivity contribution in [3.63, 3.8) is 0 Å². The standard InChI is InChI=1S/C23H25BO4/c1-17(2)20-13-21(24(25)26)23(28-16-19-11-7-4-8-12-19)14-22(20)27-15-18-9-5-3-6-10-18/h3-14,17,25-26H,15-16H2,1-2H3. The monoisotopic (exact) mass is 376 g/mol. The van der Waals surface area contributed by atoms with Crippen molar-refractivity contribution >= 4 is 12.6 Å². The second-order valence-electron chi connectivity index (χ2n) is 7.00. The molecule has 28 heavy (non-hydrogen) atoms. The lowest BCUT2D eigenvalue weighted by Gasteiger charge is -2.19. The van der Waals surface area contributed by atoms with E-state index in [-0.39, 0.29) is 5.92 Å². The van der Waals surface area contributed by atoms with Gasteiger partial charge in [0.15, 0.2) is 0 Å². The van der Waals surface area contributed by atoms with Crippen molar-refractivity contribution in [2.75, 3.05) is 0 Å². The summed E-state index contributed by atoms with van der Waals surface area (Å²) in [4.78, 5) is 0. The number of ether oxygens (including phenoxy) is 2. The van der Waals surface area contributed by atoms with Gasteiger partial charge in [-0.15, -0.1) is 0 Å². The van der Waals surface area contributed by atoms with E-state index in [2.05, 4.69) is 0 Å². The molecule has 144 valence electrons. The molecule has 0 bridgehead atoms. The number of benzene rings is 3. The summed E-state index contributed by atoms with van der Waals surface area (Å²) in [7, 11) is -1.62. The van der Waals surface area contributed by atoms with Crippen LogP contribution in [0.15, 0.2) is 72.8 Å². The molecule has 0 aromatic heterocycles. The molecule has 3 aromatic rings. The number of hydrogen-bond donors (Lipinski definition) is 2. The van der Waals surface area contributed by atoms with E-state index in [1.54, 1.807) is 12.1 Å². The van der Waals surface area contributed by atoms with Crippen LogP contribution in [-0.4, -0.2) is 17.2 Å². The predicted molar refractivity (Wildman–Crippen MR) is 112 cm³/mol. The maximum atomic E-state index is 9.84. The minimum Gasteiger partial charge on any atom is -0.489 e. The first-order chi connectivity index (χ1) is 13.5. The van der Waals surface area contributed by atoms with Gasteiger partial charge in [-0.05, 0) is 22.6 Å². The van der Waals surface area contributed by atoms with Gasteiger partial charge in [-0.3, -0.25) is 0 Å². The molecule has 0 aliphatic rings. The van der Waals surface area contributed by atoms with Gasteiger partial charge in [0.05, 0.1) is 0 Å². The Kier molecular flexibility index (Phi) is 6.74. The molecular formula is C23H25BO4. The molecule has 0 saturated carbocycles. The highest BCUT2D eigenvalue weighted by Gasteiger charge is 2.22. The highest BCUT2D eigenvalue weighted by atomic mass is 16.5. The molecule has 4 nitrogen and oxygen atoms in total. The first-order valence-corrected chi connectivity index (χ1v) is 9.42. The van der Waals surface area contributed by atoms with Gasteiger partial charge in [0.25, 0.3) is 0 Å². The van der Waals surface area contributed by atoms with Crippen LogP contribution in [-0.2, 0) is 13.2 Å². The Morgan fingerprint density at radius 3 is 1.71 bits per heavy atom. The maximum Gasteiger partial charge on any atom is 0.492 e. The minimum atomic E-state index is -1.62. The Bertz CT molecular complexity index is 809. The van der Waals surface area contributed by atoms with Crippen LogP contribution in [0.2, 0.25) is 0 Å². The molecule has 3 aromatic carbocycles. The fourth-order valence-electron chi connectivity index (χ4n) is 2.97. The van der Waals surface area contributed by atoms with Crippen LogP contribution in [0.4, 0.5) is 0 Å². The van der Waals surface area contributed by atoms with Crippen LogP contribution in [0.1, 0.15) is 36.5 Å². The first kappa shape index (κ1) is 20.0. The van der Waals surface area contributed by atoms with Crippen molar-refractivity contribution in [3.05, 3.63) is 89.5 Å². The quantitative estimate of drug-likeness (QED) is 0.590. The number of rotatable bonds is 8. The Morgan fingerprint density at radius 2 is 1.25 bits per heavy atom.